The molecule has 0 saturated carbocycles. The molecule has 0 spiro atoms. The van der Waals surface area contributed by atoms with E-state index in [2.05, 4.69) is 13.8 Å². The van der Waals surface area contributed by atoms with Crippen molar-refractivity contribution in [1.29, 1.82) is 0 Å². The highest BCUT2D eigenvalue weighted by Crippen LogP contribution is 2.13. The molecule has 0 rings (SSSR count). The zero-order valence-corrected chi connectivity index (χ0v) is 7.76. The van der Waals surface area contributed by atoms with Crippen molar-refractivity contribution < 1.29 is 4.79 Å². The lowest BCUT2D eigenvalue weighted by atomic mass is 9.90. The lowest BCUT2D eigenvalue weighted by Gasteiger charge is -2.14. The summed E-state index contributed by atoms with van der Waals surface area (Å²) in [6.07, 6.45) is 1.89. The van der Waals surface area contributed by atoms with E-state index < -0.39 is 0 Å². The van der Waals surface area contributed by atoms with E-state index in [1.54, 1.807) is 0 Å². The number of hydrogen-bond acceptors (Lipinski definition) is 2. The van der Waals surface area contributed by atoms with Crippen LogP contribution < -0.4 is 5.73 Å². The van der Waals surface area contributed by atoms with Crippen LogP contribution in [0.15, 0.2) is 0 Å². The second-order valence-corrected chi connectivity index (χ2v) is 3.05. The number of ketones is 1. The first-order valence-corrected chi connectivity index (χ1v) is 4.41. The lowest BCUT2D eigenvalue weighted by molar-refractivity contribution is -0.126. The minimum atomic E-state index is 0.0416. The molecule has 0 fully saturated rings. The fraction of sp³-hybridized carbons (Fsp3) is 0.889. The predicted octanol–water partition coefficient (Wildman–Crippen LogP) is 1.59. The van der Waals surface area contributed by atoms with Crippen LogP contribution in [-0.2, 0) is 4.79 Å². The molecule has 0 amide bonds. The van der Waals surface area contributed by atoms with E-state index in [0.717, 1.165) is 12.8 Å². The lowest BCUT2D eigenvalue weighted by Crippen LogP contribution is -2.26. The average molecular weight is 157 g/mol. The van der Waals surface area contributed by atoms with Crippen molar-refractivity contribution in [3.63, 3.8) is 0 Å². The Balaban J connectivity index is 3.97. The Morgan fingerprint density at radius 2 is 1.82 bits per heavy atom. The third-order valence-corrected chi connectivity index (χ3v) is 2.23. The van der Waals surface area contributed by atoms with Crippen molar-refractivity contribution in [2.45, 2.75) is 33.6 Å². The number of carbonyl (C=O) groups is 1. The normalized spacial score (nSPS) is 13.5. The van der Waals surface area contributed by atoms with Gasteiger partial charge in [0.25, 0.3) is 0 Å². The molecule has 0 aliphatic heterocycles. The van der Waals surface area contributed by atoms with E-state index in [1.807, 2.05) is 6.92 Å². The van der Waals surface area contributed by atoms with Crippen LogP contribution in [0, 0.1) is 11.8 Å². The standard InChI is InChI=1S/C9H19NO/c1-4-8(5-2)9(11)7(3)6-10/h7-8H,4-6,10H2,1-3H3. The number of rotatable bonds is 5. The molecule has 0 aliphatic carbocycles. The molecule has 2 heteroatoms. The fourth-order valence-corrected chi connectivity index (χ4v) is 1.21. The molecule has 2 nitrogen and oxygen atoms in total. The van der Waals surface area contributed by atoms with Gasteiger partial charge < -0.3 is 5.73 Å². The highest BCUT2D eigenvalue weighted by atomic mass is 16.1. The molecule has 2 N–H and O–H groups in total. The predicted molar refractivity (Wildman–Crippen MR) is 47.3 cm³/mol. The van der Waals surface area contributed by atoms with Gasteiger partial charge in [-0.3, -0.25) is 4.79 Å². The summed E-state index contributed by atoms with van der Waals surface area (Å²) in [7, 11) is 0. The first-order chi connectivity index (χ1) is 5.17. The van der Waals surface area contributed by atoms with Crippen LogP contribution >= 0.6 is 0 Å². The molecule has 66 valence electrons. The number of carbonyl (C=O) groups excluding carboxylic acids is 1. The summed E-state index contributed by atoms with van der Waals surface area (Å²) in [6, 6.07) is 0. The van der Waals surface area contributed by atoms with Crippen molar-refractivity contribution in [2.24, 2.45) is 17.6 Å². The Bertz CT molecular complexity index is 119. The van der Waals surface area contributed by atoms with Crippen molar-refractivity contribution in [2.75, 3.05) is 6.54 Å². The van der Waals surface area contributed by atoms with Gasteiger partial charge in [-0.2, -0.15) is 0 Å². The summed E-state index contributed by atoms with van der Waals surface area (Å²) >= 11 is 0. The molecule has 0 aromatic carbocycles. The van der Waals surface area contributed by atoms with Gasteiger partial charge in [0.05, 0.1) is 0 Å². The van der Waals surface area contributed by atoms with E-state index in [-0.39, 0.29) is 11.8 Å². The van der Waals surface area contributed by atoms with Crippen LogP contribution in [0.25, 0.3) is 0 Å². The summed E-state index contributed by atoms with van der Waals surface area (Å²) in [6.45, 7) is 6.49. The van der Waals surface area contributed by atoms with Gasteiger partial charge >= 0.3 is 0 Å². The van der Waals surface area contributed by atoms with Crippen molar-refractivity contribution in [3.05, 3.63) is 0 Å². The van der Waals surface area contributed by atoms with Crippen LogP contribution in [0.1, 0.15) is 33.6 Å². The minimum absolute atomic E-state index is 0.0416. The summed E-state index contributed by atoms with van der Waals surface area (Å²) in [5.41, 5.74) is 5.40. The average Bonchev–Trinajstić information content (AvgIpc) is 2.05. The van der Waals surface area contributed by atoms with E-state index in [9.17, 15) is 4.79 Å². The van der Waals surface area contributed by atoms with E-state index >= 15 is 0 Å². The number of hydrogen-bond donors (Lipinski definition) is 1. The molecule has 1 unspecified atom stereocenters. The smallest absolute Gasteiger partial charge is 0.140 e. The quantitative estimate of drug-likeness (QED) is 0.658. The second-order valence-electron chi connectivity index (χ2n) is 3.05. The molecule has 0 radical (unpaired) electrons. The Hall–Kier alpha value is -0.370. The maximum absolute atomic E-state index is 11.5. The number of Topliss-reactive ketones (excluding diaryl/α,β-unsaturated/α-hetero) is 1. The molecule has 1 atom stereocenters. The number of nitrogens with two attached hydrogens (primary N) is 1. The fourth-order valence-electron chi connectivity index (χ4n) is 1.21. The van der Waals surface area contributed by atoms with Crippen LogP contribution in [0.5, 0.6) is 0 Å². The van der Waals surface area contributed by atoms with Gasteiger partial charge in [-0.25, -0.2) is 0 Å². The van der Waals surface area contributed by atoms with E-state index in [4.69, 9.17) is 5.73 Å². The van der Waals surface area contributed by atoms with E-state index in [0.29, 0.717) is 12.3 Å². The van der Waals surface area contributed by atoms with Crippen LogP contribution in [0.4, 0.5) is 0 Å². The molecule has 0 aromatic rings. The largest absolute Gasteiger partial charge is 0.330 e. The van der Waals surface area contributed by atoms with Gasteiger partial charge in [-0.1, -0.05) is 20.8 Å². The summed E-state index contributed by atoms with van der Waals surface area (Å²) in [5.74, 6) is 0.603. The third kappa shape index (κ3) is 3.02. The molecule has 0 saturated heterocycles. The first-order valence-electron chi connectivity index (χ1n) is 4.41. The monoisotopic (exact) mass is 157 g/mol. The SMILES string of the molecule is CCC(CC)C(=O)C(C)CN. The maximum Gasteiger partial charge on any atom is 0.140 e. The molecule has 0 aliphatic rings. The van der Waals surface area contributed by atoms with Crippen LogP contribution in [-0.4, -0.2) is 12.3 Å². The Labute approximate surface area is 69.2 Å². The van der Waals surface area contributed by atoms with Gasteiger partial charge in [0.1, 0.15) is 5.78 Å². The second kappa shape index (κ2) is 5.30. The summed E-state index contributed by atoms with van der Waals surface area (Å²) < 4.78 is 0. The minimum Gasteiger partial charge on any atom is -0.330 e. The van der Waals surface area contributed by atoms with Crippen molar-refractivity contribution in [1.82, 2.24) is 0 Å². The van der Waals surface area contributed by atoms with Gasteiger partial charge in [0.2, 0.25) is 0 Å². The van der Waals surface area contributed by atoms with E-state index in [1.165, 1.54) is 0 Å². The van der Waals surface area contributed by atoms with Crippen LogP contribution in [0.3, 0.4) is 0 Å². The van der Waals surface area contributed by atoms with Crippen LogP contribution in [0.2, 0.25) is 0 Å². The first kappa shape index (κ1) is 10.6. The van der Waals surface area contributed by atoms with Gasteiger partial charge in [-0.05, 0) is 12.8 Å². The zero-order chi connectivity index (χ0) is 8.85. The molecule has 0 heterocycles. The van der Waals surface area contributed by atoms with Crippen molar-refractivity contribution >= 4 is 5.78 Å². The Morgan fingerprint density at radius 1 is 1.36 bits per heavy atom. The summed E-state index contributed by atoms with van der Waals surface area (Å²) in [4.78, 5) is 11.5. The molecule has 11 heavy (non-hydrogen) atoms. The molecular weight excluding hydrogens is 138 g/mol. The van der Waals surface area contributed by atoms with Gasteiger partial charge in [0.15, 0.2) is 0 Å². The third-order valence-electron chi connectivity index (χ3n) is 2.23. The van der Waals surface area contributed by atoms with Gasteiger partial charge in [0, 0.05) is 18.4 Å². The summed E-state index contributed by atoms with van der Waals surface area (Å²) in [5, 5.41) is 0. The highest BCUT2D eigenvalue weighted by Gasteiger charge is 2.18. The highest BCUT2D eigenvalue weighted by molar-refractivity contribution is 5.83. The van der Waals surface area contributed by atoms with Crippen molar-refractivity contribution in [3.8, 4) is 0 Å². The topological polar surface area (TPSA) is 43.1 Å². The molecule has 0 bridgehead atoms. The zero-order valence-electron chi connectivity index (χ0n) is 7.76. The Morgan fingerprint density at radius 3 is 2.09 bits per heavy atom. The van der Waals surface area contributed by atoms with Gasteiger partial charge in [-0.15, -0.1) is 0 Å². The molecular formula is C9H19NO. The maximum atomic E-state index is 11.5. The Kier molecular flexibility index (Phi) is 5.12. The molecule has 0 aromatic heterocycles.